The van der Waals surface area contributed by atoms with Crippen LogP contribution in [0.25, 0.3) is 6.08 Å². The molecule has 14 heavy (non-hydrogen) atoms. The average molecular weight is 213 g/mol. The van der Waals surface area contributed by atoms with Gasteiger partial charge >= 0.3 is 5.97 Å². The van der Waals surface area contributed by atoms with Gasteiger partial charge in [-0.1, -0.05) is 29.8 Å². The van der Waals surface area contributed by atoms with Crippen LogP contribution in [0.1, 0.15) is 15.9 Å². The Kier molecular flexibility index (Phi) is 3.68. The molecule has 0 aromatic heterocycles. The van der Waals surface area contributed by atoms with Gasteiger partial charge in [-0.2, -0.15) is 0 Å². The van der Waals surface area contributed by atoms with Crippen molar-refractivity contribution in [1.29, 1.82) is 0 Å². The second-order valence-corrected chi connectivity index (χ2v) is 3.03. The summed E-state index contributed by atoms with van der Waals surface area (Å²) in [6, 6.07) is 4.43. The maximum Gasteiger partial charge on any atom is 0.335 e. The summed E-state index contributed by atoms with van der Waals surface area (Å²) in [4.78, 5) is 10.6. The second kappa shape index (κ2) is 4.79. The monoisotopic (exact) mass is 212 g/mol. The maximum atomic E-state index is 10.6. The second-order valence-electron chi connectivity index (χ2n) is 2.63. The molecule has 3 nitrogen and oxygen atoms in total. The lowest BCUT2D eigenvalue weighted by molar-refractivity contribution is 0.0697. The number of hydrogen-bond acceptors (Lipinski definition) is 2. The first kappa shape index (κ1) is 10.8. The predicted molar refractivity (Wildman–Crippen MR) is 54.5 cm³/mol. The highest BCUT2D eigenvalue weighted by molar-refractivity contribution is 6.32. The maximum absolute atomic E-state index is 10.6. The third-order valence-corrected chi connectivity index (χ3v) is 1.98. The third-order valence-electron chi connectivity index (χ3n) is 1.65. The predicted octanol–water partition coefficient (Wildman–Crippen LogP) is 2.04. The Balaban J connectivity index is 3.01. The molecule has 0 bridgehead atoms. The average Bonchev–Trinajstić information content (AvgIpc) is 2.15. The summed E-state index contributed by atoms with van der Waals surface area (Å²) >= 11 is 5.81. The van der Waals surface area contributed by atoms with Gasteiger partial charge in [-0.3, -0.25) is 0 Å². The molecule has 0 aliphatic heterocycles. The molecule has 0 amide bonds. The standard InChI is InChI=1S/C10H9ClO3/c11-9-6-8(10(13)14)4-3-7(9)2-1-5-12/h1-4,6,12H,5H2,(H,13,14). The molecule has 4 heteroatoms. The zero-order chi connectivity index (χ0) is 10.6. The zero-order valence-electron chi connectivity index (χ0n) is 7.27. The van der Waals surface area contributed by atoms with Crippen molar-refractivity contribution in [2.24, 2.45) is 0 Å². The van der Waals surface area contributed by atoms with Crippen molar-refractivity contribution < 1.29 is 15.0 Å². The highest BCUT2D eigenvalue weighted by atomic mass is 35.5. The summed E-state index contributed by atoms with van der Waals surface area (Å²) in [5.74, 6) is -1.01. The van der Waals surface area contributed by atoms with Gasteiger partial charge in [-0.15, -0.1) is 0 Å². The van der Waals surface area contributed by atoms with E-state index in [4.69, 9.17) is 21.8 Å². The van der Waals surface area contributed by atoms with E-state index in [1.54, 1.807) is 12.1 Å². The van der Waals surface area contributed by atoms with Crippen LogP contribution in [0.4, 0.5) is 0 Å². The number of carboxylic acids is 1. The summed E-state index contributed by atoms with van der Waals surface area (Å²) in [5.41, 5.74) is 0.835. The minimum atomic E-state index is -1.01. The fourth-order valence-corrected chi connectivity index (χ4v) is 1.22. The Labute approximate surface area is 86.3 Å². The molecule has 1 rings (SSSR count). The van der Waals surface area contributed by atoms with Crippen LogP contribution in [0.5, 0.6) is 0 Å². The van der Waals surface area contributed by atoms with Gasteiger partial charge in [0.05, 0.1) is 12.2 Å². The van der Waals surface area contributed by atoms with Crippen LogP contribution in [0.3, 0.4) is 0 Å². The Hall–Kier alpha value is -1.32. The minimum Gasteiger partial charge on any atom is -0.478 e. The highest BCUT2D eigenvalue weighted by Gasteiger charge is 2.04. The van der Waals surface area contributed by atoms with Crippen LogP contribution in [0.15, 0.2) is 24.3 Å². The molecule has 0 aliphatic rings. The van der Waals surface area contributed by atoms with Crippen LogP contribution in [-0.2, 0) is 0 Å². The van der Waals surface area contributed by atoms with Crippen LogP contribution in [-0.4, -0.2) is 22.8 Å². The van der Waals surface area contributed by atoms with E-state index < -0.39 is 5.97 Å². The number of rotatable bonds is 3. The van der Waals surface area contributed by atoms with Crippen LogP contribution in [0.2, 0.25) is 5.02 Å². The molecule has 74 valence electrons. The third kappa shape index (κ3) is 2.58. The number of halogens is 1. The summed E-state index contributed by atoms with van der Waals surface area (Å²) in [5, 5.41) is 17.6. The molecule has 1 aromatic carbocycles. The summed E-state index contributed by atoms with van der Waals surface area (Å²) < 4.78 is 0. The Morgan fingerprint density at radius 3 is 2.71 bits per heavy atom. The van der Waals surface area contributed by atoms with Gasteiger partial charge in [0.2, 0.25) is 0 Å². The zero-order valence-corrected chi connectivity index (χ0v) is 8.03. The van der Waals surface area contributed by atoms with Crippen LogP contribution in [0, 0.1) is 0 Å². The number of aliphatic hydroxyl groups excluding tert-OH is 1. The molecule has 2 N–H and O–H groups in total. The van der Waals surface area contributed by atoms with E-state index in [1.165, 1.54) is 18.2 Å². The van der Waals surface area contributed by atoms with Crippen molar-refractivity contribution in [3.8, 4) is 0 Å². The van der Waals surface area contributed by atoms with Gasteiger partial charge in [-0.25, -0.2) is 4.79 Å². The molecule has 0 fully saturated rings. The fourth-order valence-electron chi connectivity index (χ4n) is 0.975. The molecule has 0 saturated heterocycles. The van der Waals surface area contributed by atoms with Crippen molar-refractivity contribution in [2.45, 2.75) is 0 Å². The van der Waals surface area contributed by atoms with E-state index in [9.17, 15) is 4.79 Å². The first-order chi connectivity index (χ1) is 6.65. The summed E-state index contributed by atoms with van der Waals surface area (Å²) in [7, 11) is 0. The van der Waals surface area contributed by atoms with E-state index in [1.807, 2.05) is 0 Å². The number of aliphatic hydroxyl groups is 1. The first-order valence-corrected chi connectivity index (χ1v) is 4.33. The van der Waals surface area contributed by atoms with Crippen molar-refractivity contribution in [3.63, 3.8) is 0 Å². The molecule has 0 spiro atoms. The fraction of sp³-hybridized carbons (Fsp3) is 0.100. The SMILES string of the molecule is O=C(O)c1ccc(C=CCO)c(Cl)c1. The Morgan fingerprint density at radius 1 is 1.50 bits per heavy atom. The lowest BCUT2D eigenvalue weighted by Gasteiger charge is -1.99. The van der Waals surface area contributed by atoms with E-state index in [0.29, 0.717) is 10.6 Å². The number of hydrogen-bond donors (Lipinski definition) is 2. The van der Waals surface area contributed by atoms with Crippen molar-refractivity contribution in [3.05, 3.63) is 40.4 Å². The topological polar surface area (TPSA) is 57.5 Å². The lowest BCUT2D eigenvalue weighted by atomic mass is 10.1. The number of carbonyl (C=O) groups is 1. The normalized spacial score (nSPS) is 10.7. The molecular weight excluding hydrogens is 204 g/mol. The summed E-state index contributed by atoms with van der Waals surface area (Å²) in [6.07, 6.45) is 3.16. The largest absolute Gasteiger partial charge is 0.478 e. The number of aromatic carboxylic acids is 1. The van der Waals surface area contributed by atoms with Gasteiger partial charge in [0.1, 0.15) is 0 Å². The molecule has 0 saturated carbocycles. The van der Waals surface area contributed by atoms with Crippen molar-refractivity contribution in [2.75, 3.05) is 6.61 Å². The molecule has 0 aliphatic carbocycles. The van der Waals surface area contributed by atoms with Gasteiger partial charge in [0, 0.05) is 5.02 Å². The van der Waals surface area contributed by atoms with Crippen LogP contribution < -0.4 is 0 Å². The van der Waals surface area contributed by atoms with E-state index in [-0.39, 0.29) is 12.2 Å². The number of benzene rings is 1. The highest BCUT2D eigenvalue weighted by Crippen LogP contribution is 2.19. The summed E-state index contributed by atoms with van der Waals surface area (Å²) in [6.45, 7) is -0.0724. The smallest absolute Gasteiger partial charge is 0.335 e. The van der Waals surface area contributed by atoms with Gasteiger partial charge in [0.15, 0.2) is 0 Å². The number of carboxylic acid groups (broad SMARTS) is 1. The van der Waals surface area contributed by atoms with Gasteiger partial charge in [-0.05, 0) is 17.7 Å². The quantitative estimate of drug-likeness (QED) is 0.806. The molecule has 0 heterocycles. The lowest BCUT2D eigenvalue weighted by Crippen LogP contribution is -1.95. The molecular formula is C10H9ClO3. The van der Waals surface area contributed by atoms with Gasteiger partial charge in [0.25, 0.3) is 0 Å². The van der Waals surface area contributed by atoms with Crippen molar-refractivity contribution in [1.82, 2.24) is 0 Å². The van der Waals surface area contributed by atoms with E-state index >= 15 is 0 Å². The molecule has 0 unspecified atom stereocenters. The van der Waals surface area contributed by atoms with Crippen molar-refractivity contribution >= 4 is 23.6 Å². The van der Waals surface area contributed by atoms with E-state index in [2.05, 4.69) is 0 Å². The van der Waals surface area contributed by atoms with Crippen LogP contribution >= 0.6 is 11.6 Å². The molecule has 1 aromatic rings. The molecule has 0 radical (unpaired) electrons. The van der Waals surface area contributed by atoms with Gasteiger partial charge < -0.3 is 10.2 Å². The Bertz CT molecular complexity index is 372. The minimum absolute atomic E-state index is 0.0724. The van der Waals surface area contributed by atoms with E-state index in [0.717, 1.165) is 0 Å². The Morgan fingerprint density at radius 2 is 2.21 bits per heavy atom. The first-order valence-electron chi connectivity index (χ1n) is 3.95. The molecule has 0 atom stereocenters.